The van der Waals surface area contributed by atoms with E-state index in [0.717, 1.165) is 0 Å². The molecule has 2 aromatic rings. The first kappa shape index (κ1) is 22.6. The second-order valence-corrected chi connectivity index (χ2v) is 6.17. The molecule has 2 rings (SSSR count). The lowest BCUT2D eigenvalue weighted by Crippen LogP contribution is -2.33. The minimum absolute atomic E-state index is 0.0794. The first-order valence-corrected chi connectivity index (χ1v) is 9.22. The van der Waals surface area contributed by atoms with Crippen LogP contribution < -0.4 is 24.8 Å². The second-order valence-electron chi connectivity index (χ2n) is 5.76. The highest BCUT2D eigenvalue weighted by atomic mass is 32.1. The van der Waals surface area contributed by atoms with Crippen LogP contribution in [0.15, 0.2) is 42.5 Å². The number of hydrogen-bond acceptors (Lipinski definition) is 7. The summed E-state index contributed by atoms with van der Waals surface area (Å²) in [6, 6.07) is 9.50. The highest BCUT2D eigenvalue weighted by Gasteiger charge is 2.16. The molecule has 0 fully saturated rings. The monoisotopic (exact) mass is 431 g/mol. The van der Waals surface area contributed by atoms with Crippen molar-refractivity contribution < 1.29 is 23.9 Å². The highest BCUT2D eigenvalue weighted by molar-refractivity contribution is 7.80. The predicted octanol–water partition coefficient (Wildman–Crippen LogP) is 3.54. The minimum Gasteiger partial charge on any atom is -0.494 e. The van der Waals surface area contributed by atoms with Crippen molar-refractivity contribution in [2.45, 2.75) is 6.92 Å². The van der Waals surface area contributed by atoms with Gasteiger partial charge >= 0.3 is 0 Å². The van der Waals surface area contributed by atoms with Crippen LogP contribution >= 0.6 is 12.2 Å². The van der Waals surface area contributed by atoms with Gasteiger partial charge in [0.2, 0.25) is 5.91 Å². The van der Waals surface area contributed by atoms with E-state index in [9.17, 15) is 14.9 Å². The molecule has 0 heterocycles. The number of ether oxygens (including phenoxy) is 3. The van der Waals surface area contributed by atoms with E-state index in [2.05, 4.69) is 10.6 Å². The fourth-order valence-corrected chi connectivity index (χ4v) is 2.67. The van der Waals surface area contributed by atoms with Crippen LogP contribution in [0.25, 0.3) is 6.08 Å². The summed E-state index contributed by atoms with van der Waals surface area (Å²) in [5, 5.41) is 16.3. The molecule has 158 valence electrons. The highest BCUT2D eigenvalue weighted by Crippen LogP contribution is 2.29. The number of benzene rings is 2. The Bertz CT molecular complexity index is 977. The Morgan fingerprint density at radius 3 is 2.53 bits per heavy atom. The van der Waals surface area contributed by atoms with E-state index in [1.807, 2.05) is 0 Å². The molecule has 0 aliphatic rings. The van der Waals surface area contributed by atoms with Gasteiger partial charge in [0.05, 0.1) is 31.8 Å². The van der Waals surface area contributed by atoms with Gasteiger partial charge < -0.3 is 19.5 Å². The van der Waals surface area contributed by atoms with Crippen molar-refractivity contribution in [3.63, 3.8) is 0 Å². The lowest BCUT2D eigenvalue weighted by molar-refractivity contribution is -0.384. The van der Waals surface area contributed by atoms with Crippen LogP contribution in [0.4, 0.5) is 11.4 Å². The number of nitrogens with zero attached hydrogens (tertiary/aromatic N) is 1. The van der Waals surface area contributed by atoms with Crippen LogP contribution in [0, 0.1) is 10.1 Å². The van der Waals surface area contributed by atoms with Gasteiger partial charge in [-0.3, -0.25) is 20.2 Å². The lowest BCUT2D eigenvalue weighted by atomic mass is 10.2. The van der Waals surface area contributed by atoms with Gasteiger partial charge in [0.25, 0.3) is 5.69 Å². The molecule has 0 bridgehead atoms. The van der Waals surface area contributed by atoms with Gasteiger partial charge in [-0.2, -0.15) is 0 Å². The molecule has 1 amide bonds. The van der Waals surface area contributed by atoms with E-state index in [4.69, 9.17) is 26.4 Å². The maximum atomic E-state index is 12.1. The van der Waals surface area contributed by atoms with Crippen LogP contribution in [0.5, 0.6) is 17.2 Å². The number of hydrogen-bond donors (Lipinski definition) is 2. The number of nitro groups is 1. The molecule has 0 aromatic heterocycles. The van der Waals surface area contributed by atoms with E-state index < -0.39 is 10.8 Å². The van der Waals surface area contributed by atoms with Crippen molar-refractivity contribution in [2.24, 2.45) is 0 Å². The van der Waals surface area contributed by atoms with E-state index in [0.29, 0.717) is 29.4 Å². The van der Waals surface area contributed by atoms with Crippen LogP contribution in [0.1, 0.15) is 12.5 Å². The fraction of sp³-hybridized carbons (Fsp3) is 0.200. The molecule has 10 heteroatoms. The minimum atomic E-state index is -0.563. The summed E-state index contributed by atoms with van der Waals surface area (Å²) in [7, 11) is 3.05. The average molecular weight is 431 g/mol. The van der Waals surface area contributed by atoms with Crippen molar-refractivity contribution in [1.82, 2.24) is 5.32 Å². The van der Waals surface area contributed by atoms with Gasteiger partial charge in [-0.15, -0.1) is 0 Å². The number of amides is 1. The number of methoxy groups -OCH3 is 2. The summed E-state index contributed by atoms with van der Waals surface area (Å²) >= 11 is 5.08. The Morgan fingerprint density at radius 2 is 1.90 bits per heavy atom. The summed E-state index contributed by atoms with van der Waals surface area (Å²) in [5.41, 5.74) is 0.625. The zero-order valence-corrected chi connectivity index (χ0v) is 17.4. The Morgan fingerprint density at radius 1 is 1.17 bits per heavy atom. The van der Waals surface area contributed by atoms with Gasteiger partial charge in [0.1, 0.15) is 11.4 Å². The maximum Gasteiger partial charge on any atom is 0.296 e. The molecule has 2 N–H and O–H groups in total. The molecular weight excluding hydrogens is 410 g/mol. The van der Waals surface area contributed by atoms with Crippen LogP contribution in [0.2, 0.25) is 0 Å². The van der Waals surface area contributed by atoms with E-state index >= 15 is 0 Å². The van der Waals surface area contributed by atoms with E-state index in [1.54, 1.807) is 37.3 Å². The smallest absolute Gasteiger partial charge is 0.296 e. The maximum absolute atomic E-state index is 12.1. The molecule has 0 aliphatic carbocycles. The second kappa shape index (κ2) is 10.8. The van der Waals surface area contributed by atoms with Gasteiger partial charge in [-0.1, -0.05) is 6.07 Å². The lowest BCUT2D eigenvalue weighted by Gasteiger charge is -2.10. The van der Waals surface area contributed by atoms with Crippen molar-refractivity contribution >= 4 is 40.7 Å². The normalized spacial score (nSPS) is 10.4. The zero-order valence-electron chi connectivity index (χ0n) is 16.6. The van der Waals surface area contributed by atoms with Gasteiger partial charge in [-0.05, 0) is 55.0 Å². The van der Waals surface area contributed by atoms with Crippen LogP contribution in [-0.2, 0) is 4.79 Å². The number of rotatable bonds is 8. The van der Waals surface area contributed by atoms with Crippen molar-refractivity contribution in [3.05, 3.63) is 58.2 Å². The zero-order chi connectivity index (χ0) is 22.1. The quantitative estimate of drug-likeness (QED) is 0.283. The molecule has 0 spiro atoms. The van der Waals surface area contributed by atoms with Crippen LogP contribution in [0.3, 0.4) is 0 Å². The van der Waals surface area contributed by atoms with Gasteiger partial charge in [0.15, 0.2) is 16.6 Å². The Kier molecular flexibility index (Phi) is 8.12. The number of nitrogens with one attached hydrogen (secondary N) is 2. The Labute approximate surface area is 178 Å². The van der Waals surface area contributed by atoms with Gasteiger partial charge in [-0.25, -0.2) is 0 Å². The van der Waals surface area contributed by atoms with Crippen molar-refractivity contribution in [1.29, 1.82) is 0 Å². The molecule has 0 radical (unpaired) electrons. The van der Waals surface area contributed by atoms with E-state index in [-0.39, 0.29) is 16.5 Å². The number of carbonyl (C=O) groups excluding carboxylic acids is 1. The fourth-order valence-electron chi connectivity index (χ4n) is 2.46. The number of nitro benzene ring substituents is 1. The van der Waals surface area contributed by atoms with Crippen molar-refractivity contribution in [2.75, 3.05) is 26.1 Å². The molecule has 0 unspecified atom stereocenters. The molecular formula is C20H21N3O6S. The topological polar surface area (TPSA) is 112 Å². The van der Waals surface area contributed by atoms with Crippen LogP contribution in [-0.4, -0.2) is 36.8 Å². The molecule has 0 aliphatic heterocycles. The first-order chi connectivity index (χ1) is 14.4. The Balaban J connectivity index is 2.03. The average Bonchev–Trinajstić information content (AvgIpc) is 2.73. The number of anilines is 1. The third-order valence-corrected chi connectivity index (χ3v) is 4.00. The largest absolute Gasteiger partial charge is 0.494 e. The standard InChI is InChI=1S/C20H21N3O6S/c1-4-29-14-7-8-15(16(12-14)23(25)26)21-20(30)22-19(24)10-6-13-5-9-17(27-2)18(11-13)28-3/h5-12H,4H2,1-3H3,(H2,21,22,24,30). The molecule has 0 saturated heterocycles. The molecule has 30 heavy (non-hydrogen) atoms. The summed E-state index contributed by atoms with van der Waals surface area (Å²) in [6.45, 7) is 2.16. The number of thiocarbonyl (C=S) groups is 1. The SMILES string of the molecule is CCOc1ccc(NC(=S)NC(=O)C=Cc2ccc(OC)c(OC)c2)c([N+](=O)[O-])c1. The summed E-state index contributed by atoms with van der Waals surface area (Å²) in [6.07, 6.45) is 2.85. The molecule has 0 atom stereocenters. The van der Waals surface area contributed by atoms with E-state index in [1.165, 1.54) is 32.4 Å². The van der Waals surface area contributed by atoms with Gasteiger partial charge in [0, 0.05) is 6.08 Å². The Hall–Kier alpha value is -3.66. The third kappa shape index (κ3) is 6.17. The molecule has 2 aromatic carbocycles. The molecule has 9 nitrogen and oxygen atoms in total. The summed E-state index contributed by atoms with van der Waals surface area (Å²) in [4.78, 5) is 22.8. The number of carbonyl (C=O) groups is 1. The predicted molar refractivity (Wildman–Crippen MR) is 117 cm³/mol. The summed E-state index contributed by atoms with van der Waals surface area (Å²) < 4.78 is 15.6. The van der Waals surface area contributed by atoms with Crippen molar-refractivity contribution in [3.8, 4) is 17.2 Å². The first-order valence-electron chi connectivity index (χ1n) is 8.81. The molecule has 0 saturated carbocycles. The summed E-state index contributed by atoms with van der Waals surface area (Å²) in [5.74, 6) is 0.958. The third-order valence-electron chi connectivity index (χ3n) is 3.80.